The molecule has 0 saturated heterocycles. The number of rotatable bonds is 4. The van der Waals surface area contributed by atoms with E-state index in [4.69, 9.17) is 17.0 Å². The quantitative estimate of drug-likeness (QED) is 0.525. The number of allylic oxidation sites excluding steroid dienone is 3. The van der Waals surface area contributed by atoms with E-state index in [2.05, 4.69) is 6.58 Å². The highest BCUT2D eigenvalue weighted by atomic mass is 32.1. The van der Waals surface area contributed by atoms with E-state index in [-0.39, 0.29) is 18.0 Å². The number of ether oxygens (including phenoxy) is 1. The number of aliphatic hydroxyl groups is 1. The third-order valence-corrected chi connectivity index (χ3v) is 3.67. The fourth-order valence-corrected chi connectivity index (χ4v) is 2.69. The first-order valence-electron chi connectivity index (χ1n) is 6.50. The number of benzene rings is 1. The fraction of sp³-hybridized carbons (Fsp3) is 0.176. The van der Waals surface area contributed by atoms with Crippen LogP contribution in [0.25, 0.3) is 0 Å². The number of ketones is 1. The minimum atomic E-state index is -0.256. The number of Topliss-reactive ketones (excluding diaryl/α,β-unsaturated/α-hetero) is 1. The molecule has 4 heteroatoms. The molecule has 0 saturated carbocycles. The smallest absolute Gasteiger partial charge is 0.223 e. The Kier molecular flexibility index (Phi) is 4.70. The Balaban J connectivity index is 2.41. The van der Waals surface area contributed by atoms with E-state index < -0.39 is 0 Å². The van der Waals surface area contributed by atoms with Crippen molar-refractivity contribution in [3.8, 4) is 0 Å². The molecule has 0 amide bonds. The first kappa shape index (κ1) is 15.2. The second-order valence-corrected chi connectivity index (χ2v) is 5.25. The molecule has 0 bridgehead atoms. The minimum Gasteiger partial charge on any atom is -0.515 e. The van der Waals surface area contributed by atoms with E-state index in [0.717, 1.165) is 11.8 Å². The molecule has 0 atom stereocenters. The molecule has 0 radical (unpaired) electrons. The van der Waals surface area contributed by atoms with Gasteiger partial charge in [0.15, 0.2) is 5.76 Å². The molecule has 0 spiro atoms. The second kappa shape index (κ2) is 6.50. The first-order chi connectivity index (χ1) is 10.1. The maximum Gasteiger partial charge on any atom is 0.223 e. The van der Waals surface area contributed by atoms with Crippen LogP contribution >= 0.6 is 12.2 Å². The number of thiocarbonyl (C=S) groups is 1. The average molecular weight is 300 g/mol. The van der Waals surface area contributed by atoms with Crippen molar-refractivity contribution < 1.29 is 14.6 Å². The van der Waals surface area contributed by atoms with Gasteiger partial charge in [-0.05, 0) is 5.56 Å². The summed E-state index contributed by atoms with van der Waals surface area (Å²) in [6, 6.07) is 9.72. The van der Waals surface area contributed by atoms with E-state index in [1.807, 2.05) is 30.3 Å². The van der Waals surface area contributed by atoms with Gasteiger partial charge in [0.1, 0.15) is 0 Å². The van der Waals surface area contributed by atoms with Gasteiger partial charge >= 0.3 is 0 Å². The number of hydrogen-bond donors (Lipinski definition) is 1. The largest absolute Gasteiger partial charge is 0.515 e. The van der Waals surface area contributed by atoms with Gasteiger partial charge in [-0.15, -0.1) is 0 Å². The molecule has 108 valence electrons. The molecule has 1 aromatic rings. The molecule has 0 aliphatic heterocycles. The summed E-state index contributed by atoms with van der Waals surface area (Å²) < 4.78 is 5.21. The van der Waals surface area contributed by atoms with Gasteiger partial charge in [0.2, 0.25) is 5.78 Å². The Morgan fingerprint density at radius 2 is 2.10 bits per heavy atom. The molecule has 0 unspecified atom stereocenters. The van der Waals surface area contributed by atoms with Gasteiger partial charge in [0.25, 0.3) is 0 Å². The zero-order valence-electron chi connectivity index (χ0n) is 11.8. The lowest BCUT2D eigenvalue weighted by Crippen LogP contribution is -2.22. The molecule has 1 aliphatic carbocycles. The van der Waals surface area contributed by atoms with Gasteiger partial charge in [0.05, 0.1) is 13.4 Å². The zero-order chi connectivity index (χ0) is 15.4. The summed E-state index contributed by atoms with van der Waals surface area (Å²) in [5.74, 6) is -0.0963. The van der Waals surface area contributed by atoms with Crippen LogP contribution < -0.4 is 0 Å². The van der Waals surface area contributed by atoms with E-state index >= 15 is 0 Å². The van der Waals surface area contributed by atoms with Crippen molar-refractivity contribution in [3.63, 3.8) is 0 Å². The maximum absolute atomic E-state index is 12.1. The standard InChI is InChI=1S/C17H16O3S/c1-11-8-13(10-18)15(17(20-2)16(11)19)14(21)9-12-6-4-3-5-7-12/h3-7,10,18H,1,8-9H2,2H3. The maximum atomic E-state index is 12.1. The Hall–Kier alpha value is -2.20. The van der Waals surface area contributed by atoms with Crippen molar-refractivity contribution in [2.24, 2.45) is 0 Å². The molecule has 1 N–H and O–H groups in total. The van der Waals surface area contributed by atoms with Crippen molar-refractivity contribution in [1.82, 2.24) is 0 Å². The summed E-state index contributed by atoms with van der Waals surface area (Å²) in [6.07, 6.45) is 1.77. The summed E-state index contributed by atoms with van der Waals surface area (Å²) in [6.45, 7) is 3.71. The summed E-state index contributed by atoms with van der Waals surface area (Å²) in [4.78, 5) is 12.7. The Bertz CT molecular complexity index is 654. The van der Waals surface area contributed by atoms with Gasteiger partial charge in [-0.25, -0.2) is 0 Å². The summed E-state index contributed by atoms with van der Waals surface area (Å²) in [5, 5.41) is 9.43. The number of carbonyl (C=O) groups excluding carboxylic acids is 1. The highest BCUT2D eigenvalue weighted by Crippen LogP contribution is 2.32. The summed E-state index contributed by atoms with van der Waals surface area (Å²) in [7, 11) is 1.42. The number of hydrogen-bond acceptors (Lipinski definition) is 4. The van der Waals surface area contributed by atoms with Crippen LogP contribution in [-0.4, -0.2) is 22.9 Å². The normalized spacial score (nSPS) is 17.3. The topological polar surface area (TPSA) is 46.5 Å². The van der Waals surface area contributed by atoms with Gasteiger partial charge in [-0.2, -0.15) is 0 Å². The van der Waals surface area contributed by atoms with Crippen LogP contribution in [0.15, 0.2) is 65.7 Å². The summed E-state index contributed by atoms with van der Waals surface area (Å²) >= 11 is 5.46. The Labute approximate surface area is 129 Å². The van der Waals surface area contributed by atoms with Crippen molar-refractivity contribution in [1.29, 1.82) is 0 Å². The van der Waals surface area contributed by atoms with Gasteiger partial charge in [0, 0.05) is 34.4 Å². The predicted octanol–water partition coefficient (Wildman–Crippen LogP) is 3.47. The third kappa shape index (κ3) is 3.11. The molecule has 0 aromatic heterocycles. The highest BCUT2D eigenvalue weighted by molar-refractivity contribution is 7.80. The van der Waals surface area contributed by atoms with Crippen LogP contribution in [0.2, 0.25) is 0 Å². The van der Waals surface area contributed by atoms with Crippen LogP contribution in [0.4, 0.5) is 0 Å². The Morgan fingerprint density at radius 3 is 2.67 bits per heavy atom. The molecule has 3 nitrogen and oxygen atoms in total. The number of aliphatic hydroxyl groups excluding tert-OH is 1. The lowest BCUT2D eigenvalue weighted by Gasteiger charge is -2.22. The van der Waals surface area contributed by atoms with Crippen LogP contribution in [0.1, 0.15) is 12.0 Å². The molecular formula is C17H16O3S. The van der Waals surface area contributed by atoms with Gasteiger partial charge < -0.3 is 9.84 Å². The number of carbonyl (C=O) groups is 1. The molecular weight excluding hydrogens is 284 g/mol. The molecule has 0 heterocycles. The monoisotopic (exact) mass is 300 g/mol. The molecule has 0 fully saturated rings. The van der Waals surface area contributed by atoms with Crippen molar-refractivity contribution in [2.75, 3.05) is 7.11 Å². The molecule has 21 heavy (non-hydrogen) atoms. The molecule has 1 aliphatic rings. The fourth-order valence-electron chi connectivity index (χ4n) is 2.30. The van der Waals surface area contributed by atoms with Crippen molar-refractivity contribution in [3.05, 3.63) is 71.2 Å². The SMILES string of the molecule is C=C1CC(=CO)C(C(=S)Cc2ccccc2)=C(OC)C1=O. The van der Waals surface area contributed by atoms with Gasteiger partial charge in [-0.1, -0.05) is 49.1 Å². The molecule has 1 aromatic carbocycles. The van der Waals surface area contributed by atoms with Crippen LogP contribution in [0.5, 0.6) is 0 Å². The molecule has 2 rings (SSSR count). The van der Waals surface area contributed by atoms with Crippen LogP contribution in [-0.2, 0) is 16.0 Å². The third-order valence-electron chi connectivity index (χ3n) is 3.33. The summed E-state index contributed by atoms with van der Waals surface area (Å²) in [5.41, 5.74) is 2.51. The average Bonchev–Trinajstić information content (AvgIpc) is 2.50. The second-order valence-electron chi connectivity index (χ2n) is 4.76. The number of methoxy groups -OCH3 is 1. The van der Waals surface area contributed by atoms with E-state index in [9.17, 15) is 9.90 Å². The zero-order valence-corrected chi connectivity index (χ0v) is 12.6. The van der Waals surface area contributed by atoms with Crippen molar-refractivity contribution in [2.45, 2.75) is 12.8 Å². The van der Waals surface area contributed by atoms with Crippen LogP contribution in [0.3, 0.4) is 0 Å². The van der Waals surface area contributed by atoms with Gasteiger partial charge in [-0.3, -0.25) is 4.79 Å². The lowest BCUT2D eigenvalue weighted by atomic mass is 9.85. The predicted molar refractivity (Wildman–Crippen MR) is 86.3 cm³/mol. The van der Waals surface area contributed by atoms with Crippen molar-refractivity contribution >= 4 is 22.9 Å². The highest BCUT2D eigenvalue weighted by Gasteiger charge is 2.30. The van der Waals surface area contributed by atoms with E-state index in [1.165, 1.54) is 7.11 Å². The Morgan fingerprint density at radius 1 is 1.43 bits per heavy atom. The van der Waals surface area contributed by atoms with E-state index in [1.54, 1.807) is 0 Å². The van der Waals surface area contributed by atoms with Crippen LogP contribution in [0, 0.1) is 0 Å². The minimum absolute atomic E-state index is 0.160. The lowest BCUT2D eigenvalue weighted by molar-refractivity contribution is -0.115. The first-order valence-corrected chi connectivity index (χ1v) is 6.90. The van der Waals surface area contributed by atoms with E-state index in [0.29, 0.717) is 28.0 Å².